The molecule has 0 aliphatic carbocycles. The molecule has 1 N–H and O–H groups in total. The molecule has 5 nitrogen and oxygen atoms in total. The average Bonchev–Trinajstić information content (AvgIpc) is 2.71. The van der Waals surface area contributed by atoms with Gasteiger partial charge in [-0.3, -0.25) is 9.69 Å². The zero-order chi connectivity index (χ0) is 22.3. The second-order valence-electron chi connectivity index (χ2n) is 7.09. The molecule has 1 aromatic heterocycles. The van der Waals surface area contributed by atoms with Crippen LogP contribution in [0.25, 0.3) is 22.1 Å². The molecule has 0 unspecified atom stereocenters. The molecule has 4 rings (SSSR count). The maximum Gasteiger partial charge on any atom is 0.450 e. The van der Waals surface area contributed by atoms with E-state index < -0.39 is 22.9 Å². The number of rotatable bonds is 3. The fraction of sp³-hybridized carbons (Fsp3) is 0.286. The first-order valence-electron chi connectivity index (χ1n) is 9.31. The number of aromatic hydroxyl groups is 1. The van der Waals surface area contributed by atoms with Crippen LogP contribution in [0.1, 0.15) is 11.3 Å². The molecule has 3 aromatic rings. The van der Waals surface area contributed by atoms with Gasteiger partial charge in [-0.25, -0.2) is 0 Å². The molecule has 164 valence electrons. The number of halogens is 5. The highest BCUT2D eigenvalue weighted by atomic mass is 35.5. The molecule has 2 heterocycles. The van der Waals surface area contributed by atoms with E-state index >= 15 is 0 Å². The summed E-state index contributed by atoms with van der Waals surface area (Å²) in [7, 11) is 0. The van der Waals surface area contributed by atoms with Crippen LogP contribution in [0.2, 0.25) is 10.0 Å². The van der Waals surface area contributed by atoms with E-state index in [0.29, 0.717) is 26.3 Å². The van der Waals surface area contributed by atoms with Gasteiger partial charge in [0.2, 0.25) is 11.2 Å². The van der Waals surface area contributed by atoms with Gasteiger partial charge < -0.3 is 14.3 Å². The topological polar surface area (TPSA) is 62.9 Å². The van der Waals surface area contributed by atoms with Gasteiger partial charge in [-0.2, -0.15) is 13.2 Å². The zero-order valence-electron chi connectivity index (χ0n) is 15.9. The fourth-order valence-corrected chi connectivity index (χ4v) is 4.08. The normalized spacial score (nSPS) is 15.5. The number of hydrogen-bond acceptors (Lipinski definition) is 5. The zero-order valence-corrected chi connectivity index (χ0v) is 17.4. The largest absolute Gasteiger partial charge is 0.507 e. The molecule has 10 heteroatoms. The van der Waals surface area contributed by atoms with Gasteiger partial charge in [0.25, 0.3) is 0 Å². The average molecular weight is 474 g/mol. The maximum absolute atomic E-state index is 14.0. The summed E-state index contributed by atoms with van der Waals surface area (Å²) in [5, 5.41) is 10.4. The Bertz CT molecular complexity index is 1200. The molecule has 0 saturated carbocycles. The highest BCUT2D eigenvalue weighted by Crippen LogP contribution is 2.41. The summed E-state index contributed by atoms with van der Waals surface area (Å²) in [6.07, 6.45) is -4.98. The summed E-state index contributed by atoms with van der Waals surface area (Å²) in [4.78, 5) is 15.1. The lowest BCUT2D eigenvalue weighted by Gasteiger charge is -2.27. The summed E-state index contributed by atoms with van der Waals surface area (Å²) in [5.74, 6) is -1.74. The van der Waals surface area contributed by atoms with Crippen molar-refractivity contribution in [2.75, 3.05) is 26.3 Å². The summed E-state index contributed by atoms with van der Waals surface area (Å²) in [6, 6.07) is 6.35. The Balaban J connectivity index is 1.99. The molecule has 1 fully saturated rings. The summed E-state index contributed by atoms with van der Waals surface area (Å²) in [6.45, 7) is 2.09. The number of fused-ring (bicyclic) bond motifs is 1. The van der Waals surface area contributed by atoms with E-state index in [1.54, 1.807) is 0 Å². The first-order valence-corrected chi connectivity index (χ1v) is 10.1. The fourth-order valence-electron chi connectivity index (χ4n) is 3.58. The lowest BCUT2D eigenvalue weighted by molar-refractivity contribution is -0.152. The quantitative estimate of drug-likeness (QED) is 0.557. The van der Waals surface area contributed by atoms with Crippen molar-refractivity contribution in [1.29, 1.82) is 0 Å². The third-order valence-corrected chi connectivity index (χ3v) is 5.63. The number of phenols is 1. The maximum atomic E-state index is 14.0. The van der Waals surface area contributed by atoms with Crippen LogP contribution >= 0.6 is 23.2 Å². The molecule has 0 spiro atoms. The predicted octanol–water partition coefficient (Wildman–Crippen LogP) is 5.32. The summed E-state index contributed by atoms with van der Waals surface area (Å²) in [5.41, 5.74) is -1.95. The lowest BCUT2D eigenvalue weighted by Crippen LogP contribution is -2.35. The van der Waals surface area contributed by atoms with E-state index in [1.165, 1.54) is 30.3 Å². The minimum atomic E-state index is -4.98. The van der Waals surface area contributed by atoms with Gasteiger partial charge in [0.05, 0.1) is 34.7 Å². The van der Waals surface area contributed by atoms with Crippen LogP contribution in [0.4, 0.5) is 13.2 Å². The Hall–Kier alpha value is -2.26. The molecular formula is C21H16Cl2F3NO4. The SMILES string of the molecule is O=c1c(-c2ccc(Cl)cc2Cl)c(C(F)(F)F)oc2c(CN3CCOCC3)c(O)ccc12. The molecule has 0 radical (unpaired) electrons. The van der Waals surface area contributed by atoms with E-state index in [9.17, 15) is 23.1 Å². The van der Waals surface area contributed by atoms with E-state index in [2.05, 4.69) is 0 Å². The van der Waals surface area contributed by atoms with Gasteiger partial charge in [0.1, 0.15) is 11.3 Å². The van der Waals surface area contributed by atoms with Crippen molar-refractivity contribution in [2.45, 2.75) is 12.7 Å². The molecule has 0 bridgehead atoms. The van der Waals surface area contributed by atoms with Crippen molar-refractivity contribution in [3.63, 3.8) is 0 Å². The lowest BCUT2D eigenvalue weighted by atomic mass is 10.00. The molecule has 1 aliphatic heterocycles. The number of phenolic OH excluding ortho intramolecular Hbond substituents is 1. The number of nitrogens with zero attached hydrogens (tertiary/aromatic N) is 1. The van der Waals surface area contributed by atoms with Crippen molar-refractivity contribution in [3.8, 4) is 16.9 Å². The molecule has 0 atom stereocenters. The second kappa shape index (κ2) is 8.35. The van der Waals surface area contributed by atoms with Crippen molar-refractivity contribution in [1.82, 2.24) is 4.90 Å². The number of benzene rings is 2. The van der Waals surface area contributed by atoms with Gasteiger partial charge >= 0.3 is 6.18 Å². The van der Waals surface area contributed by atoms with E-state index in [1.807, 2.05) is 4.90 Å². The summed E-state index contributed by atoms with van der Waals surface area (Å²) >= 11 is 12.0. The van der Waals surface area contributed by atoms with Crippen molar-refractivity contribution < 1.29 is 27.4 Å². The van der Waals surface area contributed by atoms with Crippen molar-refractivity contribution in [3.05, 3.63) is 61.9 Å². The number of alkyl halides is 3. The summed E-state index contributed by atoms with van der Waals surface area (Å²) < 4.78 is 52.4. The Morgan fingerprint density at radius 1 is 1.10 bits per heavy atom. The molecular weight excluding hydrogens is 458 g/mol. The number of hydrogen-bond donors (Lipinski definition) is 1. The van der Waals surface area contributed by atoms with Gasteiger partial charge in [-0.1, -0.05) is 29.3 Å². The predicted molar refractivity (Wildman–Crippen MR) is 111 cm³/mol. The van der Waals surface area contributed by atoms with Crippen molar-refractivity contribution >= 4 is 34.2 Å². The Morgan fingerprint density at radius 3 is 2.45 bits per heavy atom. The number of morpholine rings is 1. The van der Waals surface area contributed by atoms with E-state index in [4.69, 9.17) is 32.4 Å². The molecule has 31 heavy (non-hydrogen) atoms. The molecule has 1 saturated heterocycles. The third kappa shape index (κ3) is 4.25. The van der Waals surface area contributed by atoms with Crippen LogP contribution in [0.5, 0.6) is 5.75 Å². The van der Waals surface area contributed by atoms with E-state index in [0.717, 1.165) is 0 Å². The van der Waals surface area contributed by atoms with Gasteiger partial charge in [0.15, 0.2) is 0 Å². The monoisotopic (exact) mass is 473 g/mol. The second-order valence-corrected chi connectivity index (χ2v) is 7.93. The first-order chi connectivity index (χ1) is 14.7. The molecule has 2 aromatic carbocycles. The standard InChI is InChI=1S/C21H16Cl2F3NO4/c22-11-1-2-12(15(23)9-11)17-18(29)13-3-4-16(28)14(10-27-5-7-30-8-6-27)19(13)31-20(17)21(24,25)26/h1-4,9,28H,5-8,10H2. The third-order valence-electron chi connectivity index (χ3n) is 5.08. The van der Waals surface area contributed by atoms with Gasteiger partial charge in [0, 0.05) is 30.2 Å². The number of ether oxygens (including phenoxy) is 1. The van der Waals surface area contributed by atoms with Crippen molar-refractivity contribution in [2.24, 2.45) is 0 Å². The van der Waals surface area contributed by atoms with Crippen LogP contribution < -0.4 is 5.43 Å². The van der Waals surface area contributed by atoms with Crippen LogP contribution in [0, 0.1) is 0 Å². The Morgan fingerprint density at radius 2 is 1.81 bits per heavy atom. The van der Waals surface area contributed by atoms with Gasteiger partial charge in [-0.15, -0.1) is 0 Å². The Kier molecular flexibility index (Phi) is 5.91. The minimum Gasteiger partial charge on any atom is -0.507 e. The van der Waals surface area contributed by atoms with Crippen LogP contribution in [-0.4, -0.2) is 36.3 Å². The highest BCUT2D eigenvalue weighted by Gasteiger charge is 2.40. The molecule has 0 amide bonds. The first kappa shape index (κ1) is 22.0. The minimum absolute atomic E-state index is 0.0879. The smallest absolute Gasteiger partial charge is 0.450 e. The van der Waals surface area contributed by atoms with Crippen LogP contribution in [-0.2, 0) is 17.5 Å². The van der Waals surface area contributed by atoms with E-state index in [-0.39, 0.29) is 44.4 Å². The van der Waals surface area contributed by atoms with Gasteiger partial charge in [-0.05, 0) is 24.3 Å². The van der Waals surface area contributed by atoms with Crippen LogP contribution in [0.15, 0.2) is 39.5 Å². The van der Waals surface area contributed by atoms with Crippen LogP contribution in [0.3, 0.4) is 0 Å². The highest BCUT2D eigenvalue weighted by molar-refractivity contribution is 6.36. The Labute approximate surface area is 184 Å². The molecule has 1 aliphatic rings.